The summed E-state index contributed by atoms with van der Waals surface area (Å²) in [6.45, 7) is 14.4. The van der Waals surface area contributed by atoms with E-state index in [0.29, 0.717) is 0 Å². The van der Waals surface area contributed by atoms with Gasteiger partial charge < -0.3 is 15.5 Å². The summed E-state index contributed by atoms with van der Waals surface area (Å²) in [6, 6.07) is 0. The lowest BCUT2D eigenvalue weighted by molar-refractivity contribution is 0.139. The second-order valence-electron chi connectivity index (χ2n) is 5.87. The SMILES string of the molecule is CCNC(=NCC1CC1)NCCN1CCN(CC)CC1. The maximum absolute atomic E-state index is 4.65. The van der Waals surface area contributed by atoms with E-state index in [1.807, 2.05) is 0 Å². The molecule has 1 aliphatic carbocycles. The molecule has 0 bridgehead atoms. The Morgan fingerprint density at radius 1 is 1.05 bits per heavy atom. The zero-order chi connectivity index (χ0) is 14.2. The fourth-order valence-corrected chi connectivity index (χ4v) is 2.52. The van der Waals surface area contributed by atoms with Crippen LogP contribution in [0.5, 0.6) is 0 Å². The summed E-state index contributed by atoms with van der Waals surface area (Å²) in [7, 11) is 0. The Labute approximate surface area is 123 Å². The predicted octanol–water partition coefficient (Wildman–Crippen LogP) is 0.589. The quantitative estimate of drug-likeness (QED) is 0.529. The molecular weight excluding hydrogens is 250 g/mol. The summed E-state index contributed by atoms with van der Waals surface area (Å²) in [4.78, 5) is 9.72. The van der Waals surface area contributed by atoms with Gasteiger partial charge in [0.1, 0.15) is 0 Å². The molecule has 1 saturated heterocycles. The highest BCUT2D eigenvalue weighted by Crippen LogP contribution is 2.28. The van der Waals surface area contributed by atoms with Gasteiger partial charge in [0.25, 0.3) is 0 Å². The van der Waals surface area contributed by atoms with E-state index in [2.05, 4.69) is 39.3 Å². The van der Waals surface area contributed by atoms with Gasteiger partial charge in [0.05, 0.1) is 0 Å². The van der Waals surface area contributed by atoms with Crippen LogP contribution in [-0.2, 0) is 0 Å². The van der Waals surface area contributed by atoms with Gasteiger partial charge in [-0.1, -0.05) is 6.92 Å². The molecule has 0 aromatic heterocycles. The van der Waals surface area contributed by atoms with Crippen LogP contribution in [-0.4, -0.2) is 74.7 Å². The monoisotopic (exact) mass is 281 g/mol. The van der Waals surface area contributed by atoms with Gasteiger partial charge in [-0.15, -0.1) is 0 Å². The zero-order valence-corrected chi connectivity index (χ0v) is 13.2. The molecule has 1 aliphatic heterocycles. The average molecular weight is 281 g/mol. The van der Waals surface area contributed by atoms with Crippen LogP contribution < -0.4 is 10.6 Å². The van der Waals surface area contributed by atoms with E-state index in [4.69, 9.17) is 0 Å². The largest absolute Gasteiger partial charge is 0.357 e. The van der Waals surface area contributed by atoms with Crippen molar-refractivity contribution in [1.82, 2.24) is 20.4 Å². The third kappa shape index (κ3) is 5.67. The van der Waals surface area contributed by atoms with Crippen LogP contribution >= 0.6 is 0 Å². The molecule has 2 fully saturated rings. The average Bonchev–Trinajstić information content (AvgIpc) is 3.30. The van der Waals surface area contributed by atoms with Gasteiger partial charge in [-0.3, -0.25) is 9.89 Å². The standard InChI is InChI=1S/C15H31N5/c1-3-16-15(18-13-14-5-6-14)17-7-8-20-11-9-19(4-2)10-12-20/h14H,3-13H2,1-2H3,(H2,16,17,18). The van der Waals surface area contributed by atoms with Crippen LogP contribution in [0.2, 0.25) is 0 Å². The van der Waals surface area contributed by atoms with Crippen LogP contribution in [0.1, 0.15) is 26.7 Å². The molecule has 20 heavy (non-hydrogen) atoms. The van der Waals surface area contributed by atoms with E-state index in [0.717, 1.165) is 38.1 Å². The molecule has 0 unspecified atom stereocenters. The summed E-state index contributed by atoms with van der Waals surface area (Å²) >= 11 is 0. The van der Waals surface area contributed by atoms with Crippen molar-refractivity contribution in [3.8, 4) is 0 Å². The lowest BCUT2D eigenvalue weighted by atomic mass is 10.3. The molecule has 1 heterocycles. The van der Waals surface area contributed by atoms with E-state index in [1.54, 1.807) is 0 Å². The van der Waals surface area contributed by atoms with Crippen LogP contribution in [0, 0.1) is 5.92 Å². The maximum Gasteiger partial charge on any atom is 0.191 e. The molecule has 2 N–H and O–H groups in total. The van der Waals surface area contributed by atoms with Crippen molar-refractivity contribution in [1.29, 1.82) is 0 Å². The Hall–Kier alpha value is -0.810. The highest BCUT2D eigenvalue weighted by molar-refractivity contribution is 5.79. The molecular formula is C15H31N5. The first-order chi connectivity index (χ1) is 9.81. The van der Waals surface area contributed by atoms with Crippen LogP contribution in [0.15, 0.2) is 4.99 Å². The number of likely N-dealkylation sites (N-methyl/N-ethyl adjacent to an activating group) is 1. The summed E-state index contributed by atoms with van der Waals surface area (Å²) in [6.07, 6.45) is 2.73. The minimum atomic E-state index is 0.854. The van der Waals surface area contributed by atoms with Gasteiger partial charge in [-0.2, -0.15) is 0 Å². The Kier molecular flexibility index (Phi) is 6.60. The van der Waals surface area contributed by atoms with Crippen LogP contribution in [0.25, 0.3) is 0 Å². The number of piperazine rings is 1. The van der Waals surface area contributed by atoms with Crippen molar-refractivity contribution < 1.29 is 0 Å². The summed E-state index contributed by atoms with van der Waals surface area (Å²) < 4.78 is 0. The van der Waals surface area contributed by atoms with Gasteiger partial charge in [0.2, 0.25) is 0 Å². The fourth-order valence-electron chi connectivity index (χ4n) is 2.52. The summed E-state index contributed by atoms with van der Waals surface area (Å²) in [5, 5.41) is 6.79. The van der Waals surface area contributed by atoms with Gasteiger partial charge in [-0.05, 0) is 32.2 Å². The molecule has 0 amide bonds. The maximum atomic E-state index is 4.65. The molecule has 2 rings (SSSR count). The van der Waals surface area contributed by atoms with Crippen LogP contribution in [0.4, 0.5) is 0 Å². The molecule has 0 atom stereocenters. The first kappa shape index (κ1) is 15.6. The first-order valence-corrected chi connectivity index (χ1v) is 8.28. The molecule has 5 nitrogen and oxygen atoms in total. The molecule has 0 aromatic carbocycles. The lowest BCUT2D eigenvalue weighted by Crippen LogP contribution is -2.49. The molecule has 0 spiro atoms. The van der Waals surface area contributed by atoms with Gasteiger partial charge >= 0.3 is 0 Å². The zero-order valence-electron chi connectivity index (χ0n) is 13.2. The van der Waals surface area contributed by atoms with Crippen molar-refractivity contribution in [3.05, 3.63) is 0 Å². The first-order valence-electron chi connectivity index (χ1n) is 8.28. The van der Waals surface area contributed by atoms with Crippen molar-refractivity contribution in [2.45, 2.75) is 26.7 Å². The predicted molar refractivity (Wildman–Crippen MR) is 85.3 cm³/mol. The summed E-state index contributed by atoms with van der Waals surface area (Å²) in [5.74, 6) is 1.85. The summed E-state index contributed by atoms with van der Waals surface area (Å²) in [5.41, 5.74) is 0. The minimum Gasteiger partial charge on any atom is -0.357 e. The fraction of sp³-hybridized carbons (Fsp3) is 0.933. The number of aliphatic imine (C=N–C) groups is 1. The number of rotatable bonds is 7. The van der Waals surface area contributed by atoms with E-state index in [1.165, 1.54) is 45.6 Å². The Bertz CT molecular complexity index is 293. The second-order valence-corrected chi connectivity index (χ2v) is 5.87. The van der Waals surface area contributed by atoms with Crippen molar-refractivity contribution in [2.24, 2.45) is 10.9 Å². The molecule has 0 aromatic rings. The third-order valence-electron chi connectivity index (χ3n) is 4.18. The highest BCUT2D eigenvalue weighted by atomic mass is 15.3. The normalized spacial score (nSPS) is 22.0. The molecule has 0 radical (unpaired) electrons. The Morgan fingerprint density at radius 2 is 1.75 bits per heavy atom. The topological polar surface area (TPSA) is 42.9 Å². The van der Waals surface area contributed by atoms with Gasteiger partial charge in [0.15, 0.2) is 5.96 Å². The van der Waals surface area contributed by atoms with E-state index in [-0.39, 0.29) is 0 Å². The second kappa shape index (κ2) is 8.47. The number of nitrogens with one attached hydrogen (secondary N) is 2. The van der Waals surface area contributed by atoms with E-state index >= 15 is 0 Å². The van der Waals surface area contributed by atoms with Crippen LogP contribution in [0.3, 0.4) is 0 Å². The third-order valence-corrected chi connectivity index (χ3v) is 4.18. The van der Waals surface area contributed by atoms with Crippen molar-refractivity contribution >= 4 is 5.96 Å². The number of hydrogen-bond donors (Lipinski definition) is 2. The van der Waals surface area contributed by atoms with E-state index in [9.17, 15) is 0 Å². The smallest absolute Gasteiger partial charge is 0.191 e. The molecule has 1 saturated carbocycles. The number of guanidine groups is 1. The minimum absolute atomic E-state index is 0.854. The Balaban J connectivity index is 1.61. The molecule has 2 aliphatic rings. The van der Waals surface area contributed by atoms with Gasteiger partial charge in [0, 0.05) is 52.4 Å². The molecule has 116 valence electrons. The number of nitrogens with zero attached hydrogens (tertiary/aromatic N) is 3. The Morgan fingerprint density at radius 3 is 2.35 bits per heavy atom. The van der Waals surface area contributed by atoms with Crippen molar-refractivity contribution in [3.63, 3.8) is 0 Å². The lowest BCUT2D eigenvalue weighted by Gasteiger charge is -2.34. The number of hydrogen-bond acceptors (Lipinski definition) is 3. The van der Waals surface area contributed by atoms with Crippen molar-refractivity contribution in [2.75, 3.05) is 58.9 Å². The highest BCUT2D eigenvalue weighted by Gasteiger charge is 2.20. The van der Waals surface area contributed by atoms with Gasteiger partial charge in [-0.25, -0.2) is 0 Å². The van der Waals surface area contributed by atoms with E-state index < -0.39 is 0 Å². The molecule has 5 heteroatoms.